The van der Waals surface area contributed by atoms with Gasteiger partial charge in [-0.25, -0.2) is 9.78 Å². The number of pyridine rings is 1. The quantitative estimate of drug-likeness (QED) is 0.418. The first kappa shape index (κ1) is 25.8. The summed E-state index contributed by atoms with van der Waals surface area (Å²) in [5.41, 5.74) is 15.6. The Kier molecular flexibility index (Phi) is 8.65. The number of anilines is 3. The van der Waals surface area contributed by atoms with Crippen LogP contribution in [-0.2, 0) is 6.54 Å². The number of carbonyl (C=O) groups is 1. The number of aromatic nitrogens is 1. The third kappa shape index (κ3) is 6.08. The van der Waals surface area contributed by atoms with Gasteiger partial charge < -0.3 is 21.7 Å². The van der Waals surface area contributed by atoms with Gasteiger partial charge in [-0.2, -0.15) is 0 Å². The highest BCUT2D eigenvalue weighted by atomic mass is 16.2. The molecule has 36 heavy (non-hydrogen) atoms. The molecule has 1 aromatic heterocycles. The van der Waals surface area contributed by atoms with Gasteiger partial charge in [0.15, 0.2) is 0 Å². The number of nitrogens with two attached hydrogens (primary N) is 2. The highest BCUT2D eigenvalue weighted by Gasteiger charge is 2.30. The highest BCUT2D eigenvalue weighted by molar-refractivity contribution is 5.93. The minimum atomic E-state index is -0.422. The van der Waals surface area contributed by atoms with Crippen molar-refractivity contribution >= 4 is 34.1 Å². The molecule has 2 amide bonds. The Hall–Kier alpha value is -3.32. The molecule has 192 valence electrons. The van der Waals surface area contributed by atoms with Gasteiger partial charge in [-0.05, 0) is 43.4 Å². The van der Waals surface area contributed by atoms with E-state index in [1.54, 1.807) is 4.90 Å². The van der Waals surface area contributed by atoms with E-state index in [1.165, 1.54) is 25.7 Å². The monoisotopic (exact) mass is 488 g/mol. The van der Waals surface area contributed by atoms with Gasteiger partial charge in [0.25, 0.3) is 0 Å². The third-order valence-corrected chi connectivity index (χ3v) is 7.30. The molecule has 0 aliphatic heterocycles. The van der Waals surface area contributed by atoms with E-state index < -0.39 is 6.03 Å². The van der Waals surface area contributed by atoms with Crippen LogP contribution in [-0.4, -0.2) is 37.2 Å². The van der Waals surface area contributed by atoms with Crippen molar-refractivity contribution in [3.63, 3.8) is 0 Å². The molecule has 7 heteroatoms. The average molecular weight is 489 g/mol. The van der Waals surface area contributed by atoms with Crippen LogP contribution in [0.1, 0.15) is 56.9 Å². The van der Waals surface area contributed by atoms with Gasteiger partial charge >= 0.3 is 6.03 Å². The van der Waals surface area contributed by atoms with Gasteiger partial charge in [-0.15, -0.1) is 0 Å². The van der Waals surface area contributed by atoms with Crippen LogP contribution < -0.4 is 26.6 Å². The van der Waals surface area contributed by atoms with E-state index in [1.807, 2.05) is 56.6 Å². The lowest BCUT2D eigenvalue weighted by molar-refractivity contribution is 0.248. The number of primary amides is 1. The third-order valence-electron chi connectivity index (χ3n) is 7.30. The highest BCUT2D eigenvalue weighted by Crippen LogP contribution is 2.32. The smallest absolute Gasteiger partial charge is 0.319 e. The summed E-state index contributed by atoms with van der Waals surface area (Å²) in [6.07, 6.45) is 9.61. The summed E-state index contributed by atoms with van der Waals surface area (Å²) in [7, 11) is 4.10. The van der Waals surface area contributed by atoms with Crippen LogP contribution in [0.25, 0.3) is 10.9 Å². The van der Waals surface area contributed by atoms with Gasteiger partial charge in [-0.3, -0.25) is 4.90 Å². The van der Waals surface area contributed by atoms with Crippen molar-refractivity contribution in [3.8, 4) is 0 Å². The predicted octanol–water partition coefficient (Wildman–Crippen LogP) is 5.63. The van der Waals surface area contributed by atoms with Gasteiger partial charge in [0.1, 0.15) is 5.82 Å². The molecule has 2 aromatic carbocycles. The standard InChI is InChI=1S/C25H32N6O.C4H8/c1-30(2)23-15-24(29-21-9-5-4-8-20(21)23)28-18-11-13-19(14-12-18)31(25(27)32)22-10-6-3-7-17(22)16-26;1-2-4-3-1/h3-10,15,18-19H,11-14,16,26H2,1-2H3,(H2,27,32)(H,28,29);1-4H2. The zero-order chi connectivity index (χ0) is 25.5. The maximum atomic E-state index is 12.3. The number of nitrogens with zero attached hydrogens (tertiary/aromatic N) is 3. The van der Waals surface area contributed by atoms with Crippen LogP contribution in [0.2, 0.25) is 0 Å². The predicted molar refractivity (Wildman–Crippen MR) is 151 cm³/mol. The van der Waals surface area contributed by atoms with Crippen molar-refractivity contribution in [2.45, 2.75) is 70.0 Å². The molecular formula is C29H40N6O. The molecule has 1 heterocycles. The molecule has 0 unspecified atom stereocenters. The van der Waals surface area contributed by atoms with Gasteiger partial charge in [0.2, 0.25) is 0 Å². The molecule has 2 saturated carbocycles. The summed E-state index contributed by atoms with van der Waals surface area (Å²) in [5.74, 6) is 0.885. The first-order chi connectivity index (χ1) is 17.5. The van der Waals surface area contributed by atoms with E-state index in [0.717, 1.165) is 59.3 Å². The number of carbonyl (C=O) groups excluding carboxylic acids is 1. The van der Waals surface area contributed by atoms with E-state index in [0.29, 0.717) is 12.6 Å². The van der Waals surface area contributed by atoms with Gasteiger partial charge in [0, 0.05) is 49.9 Å². The summed E-state index contributed by atoms with van der Waals surface area (Å²) < 4.78 is 0. The number of rotatable bonds is 6. The molecule has 0 radical (unpaired) electrons. The second kappa shape index (κ2) is 12.1. The Morgan fingerprint density at radius 1 is 0.944 bits per heavy atom. The zero-order valence-electron chi connectivity index (χ0n) is 21.6. The van der Waals surface area contributed by atoms with Crippen molar-refractivity contribution in [2.24, 2.45) is 11.5 Å². The van der Waals surface area contributed by atoms with Crippen LogP contribution in [0.15, 0.2) is 54.6 Å². The maximum Gasteiger partial charge on any atom is 0.319 e. The molecule has 5 rings (SSSR count). The minimum absolute atomic E-state index is 0.0696. The summed E-state index contributed by atoms with van der Waals surface area (Å²) in [6, 6.07) is 18.0. The molecule has 3 aromatic rings. The van der Waals surface area contributed by atoms with Crippen LogP contribution >= 0.6 is 0 Å². The topological polar surface area (TPSA) is 101 Å². The summed E-state index contributed by atoms with van der Waals surface area (Å²) in [6.45, 7) is 0.374. The van der Waals surface area contributed by atoms with Crippen LogP contribution in [0.5, 0.6) is 0 Å². The molecule has 0 bridgehead atoms. The Morgan fingerprint density at radius 3 is 2.19 bits per heavy atom. The first-order valence-electron chi connectivity index (χ1n) is 13.2. The van der Waals surface area contributed by atoms with Crippen molar-refractivity contribution in [1.29, 1.82) is 0 Å². The number of hydrogen-bond donors (Lipinski definition) is 3. The van der Waals surface area contributed by atoms with Crippen LogP contribution in [0, 0.1) is 0 Å². The first-order valence-corrected chi connectivity index (χ1v) is 13.2. The molecule has 5 N–H and O–H groups in total. The second-order valence-electron chi connectivity index (χ2n) is 10.0. The van der Waals surface area contributed by atoms with Crippen LogP contribution in [0.3, 0.4) is 0 Å². The molecule has 2 aliphatic rings. The molecule has 2 aliphatic carbocycles. The number of urea groups is 1. The van der Waals surface area contributed by atoms with Crippen molar-refractivity contribution in [3.05, 3.63) is 60.2 Å². The SMILES string of the molecule is C1CCC1.CN(C)c1cc(NC2CCC(N(C(N)=O)c3ccccc3CN)CC2)nc2ccccc12. The Morgan fingerprint density at radius 2 is 1.58 bits per heavy atom. The average Bonchev–Trinajstić information content (AvgIpc) is 2.84. The summed E-state index contributed by atoms with van der Waals surface area (Å²) in [5, 5.41) is 4.77. The van der Waals surface area contributed by atoms with Gasteiger partial charge in [0.05, 0.1) is 11.2 Å². The lowest BCUT2D eigenvalue weighted by Crippen LogP contribution is -2.47. The Balaban J connectivity index is 0.000000692. The van der Waals surface area contributed by atoms with Crippen LogP contribution in [0.4, 0.5) is 22.0 Å². The molecule has 0 spiro atoms. The lowest BCUT2D eigenvalue weighted by atomic mass is 9.89. The van der Waals surface area contributed by atoms with Crippen molar-refractivity contribution in [1.82, 2.24) is 4.98 Å². The number of hydrogen-bond acceptors (Lipinski definition) is 5. The minimum Gasteiger partial charge on any atom is -0.377 e. The fraction of sp³-hybridized carbons (Fsp3) is 0.448. The molecule has 0 saturated heterocycles. The van der Waals surface area contributed by atoms with E-state index in [4.69, 9.17) is 16.5 Å². The van der Waals surface area contributed by atoms with Crippen molar-refractivity contribution in [2.75, 3.05) is 29.2 Å². The lowest BCUT2D eigenvalue weighted by Gasteiger charge is -2.37. The number of nitrogens with one attached hydrogen (secondary N) is 1. The fourth-order valence-electron chi connectivity index (χ4n) is 4.95. The molecular weight excluding hydrogens is 448 g/mol. The maximum absolute atomic E-state index is 12.3. The van der Waals surface area contributed by atoms with Crippen molar-refractivity contribution < 1.29 is 4.79 Å². The fourth-order valence-corrected chi connectivity index (χ4v) is 4.95. The van der Waals surface area contributed by atoms with E-state index in [2.05, 4.69) is 22.3 Å². The normalized spacial score (nSPS) is 19.0. The molecule has 7 nitrogen and oxygen atoms in total. The number of para-hydroxylation sites is 2. The molecule has 2 fully saturated rings. The number of fused-ring (bicyclic) bond motifs is 1. The zero-order valence-corrected chi connectivity index (χ0v) is 21.6. The summed E-state index contributed by atoms with van der Waals surface area (Å²) >= 11 is 0. The Bertz CT molecular complexity index is 1150. The largest absolute Gasteiger partial charge is 0.377 e. The van der Waals surface area contributed by atoms with Gasteiger partial charge in [-0.1, -0.05) is 62.1 Å². The van der Waals surface area contributed by atoms with E-state index in [-0.39, 0.29) is 6.04 Å². The Labute approximate surface area is 214 Å². The molecule has 0 atom stereocenters. The number of amides is 2. The number of benzene rings is 2. The summed E-state index contributed by atoms with van der Waals surface area (Å²) in [4.78, 5) is 21.0. The second-order valence-corrected chi connectivity index (χ2v) is 10.0. The van der Waals surface area contributed by atoms with E-state index >= 15 is 0 Å². The van der Waals surface area contributed by atoms with E-state index in [9.17, 15) is 4.79 Å².